The molecule has 0 bridgehead atoms. The van der Waals surface area contributed by atoms with E-state index in [1.54, 1.807) is 0 Å². The Morgan fingerprint density at radius 1 is 1.24 bits per heavy atom. The number of hydrogen-bond donors (Lipinski definition) is 0. The van der Waals surface area contributed by atoms with Crippen molar-refractivity contribution in [2.45, 2.75) is 18.5 Å². The van der Waals surface area contributed by atoms with Crippen LogP contribution in [0.4, 0.5) is 5.69 Å². The Kier molecular flexibility index (Phi) is 5.86. The van der Waals surface area contributed by atoms with E-state index in [0.29, 0.717) is 5.75 Å². The van der Waals surface area contributed by atoms with E-state index in [1.807, 2.05) is 41.6 Å². The molecule has 0 aliphatic carbocycles. The first kappa shape index (κ1) is 18.1. The lowest BCUT2D eigenvalue weighted by Crippen LogP contribution is -2.49. The lowest BCUT2D eigenvalue weighted by molar-refractivity contribution is -0.128. The van der Waals surface area contributed by atoms with Crippen molar-refractivity contribution in [3.05, 3.63) is 35.1 Å². The van der Waals surface area contributed by atoms with Gasteiger partial charge in [-0.15, -0.1) is 10.2 Å². The maximum atomic E-state index is 12.5. The topological polar surface area (TPSA) is 54.3 Å². The lowest BCUT2D eigenvalue weighted by Gasteiger charge is -2.36. The zero-order valence-electron chi connectivity index (χ0n) is 14.5. The summed E-state index contributed by atoms with van der Waals surface area (Å²) in [5.74, 6) is 1.48. The fourth-order valence-electron chi connectivity index (χ4n) is 2.88. The number of piperazine rings is 1. The fraction of sp³-hybridized carbons (Fsp3) is 0.471. The quantitative estimate of drug-likeness (QED) is 0.747. The molecule has 25 heavy (non-hydrogen) atoms. The minimum absolute atomic E-state index is 0.150. The van der Waals surface area contributed by atoms with Gasteiger partial charge in [-0.1, -0.05) is 36.4 Å². The summed E-state index contributed by atoms with van der Waals surface area (Å²) in [5.41, 5.74) is 1.11. The number of carbonyl (C=O) groups excluding carboxylic acids is 1. The van der Waals surface area contributed by atoms with Gasteiger partial charge in [0.05, 0.1) is 5.75 Å². The second-order valence-electron chi connectivity index (χ2n) is 5.95. The summed E-state index contributed by atoms with van der Waals surface area (Å²) < 4.78 is 1.95. The van der Waals surface area contributed by atoms with Crippen LogP contribution in [-0.4, -0.2) is 57.5 Å². The summed E-state index contributed by atoms with van der Waals surface area (Å²) in [7, 11) is 1.94. The molecule has 0 spiro atoms. The van der Waals surface area contributed by atoms with Crippen LogP contribution < -0.4 is 4.90 Å². The second-order valence-corrected chi connectivity index (χ2v) is 7.33. The van der Waals surface area contributed by atoms with Crippen LogP contribution in [0.15, 0.2) is 29.4 Å². The number of amides is 1. The van der Waals surface area contributed by atoms with Crippen molar-refractivity contribution in [2.75, 3.05) is 36.8 Å². The van der Waals surface area contributed by atoms with E-state index in [-0.39, 0.29) is 5.91 Å². The van der Waals surface area contributed by atoms with Crippen LogP contribution in [0.25, 0.3) is 0 Å². The van der Waals surface area contributed by atoms with E-state index < -0.39 is 0 Å². The molecule has 0 radical (unpaired) electrons. The number of anilines is 1. The van der Waals surface area contributed by atoms with Gasteiger partial charge in [0.2, 0.25) is 5.91 Å². The van der Waals surface area contributed by atoms with E-state index in [2.05, 4.69) is 21.2 Å². The van der Waals surface area contributed by atoms with Gasteiger partial charge >= 0.3 is 0 Å². The Bertz CT molecular complexity index is 742. The number of halogens is 1. The number of carbonyl (C=O) groups is 1. The third kappa shape index (κ3) is 4.27. The molecule has 6 nitrogen and oxygen atoms in total. The molecule has 1 amide bonds. The van der Waals surface area contributed by atoms with Crippen molar-refractivity contribution >= 4 is 35.0 Å². The molecule has 1 aliphatic heterocycles. The van der Waals surface area contributed by atoms with Crippen LogP contribution in [0.2, 0.25) is 5.02 Å². The van der Waals surface area contributed by atoms with E-state index in [9.17, 15) is 4.79 Å². The van der Waals surface area contributed by atoms with Gasteiger partial charge in [0.15, 0.2) is 5.16 Å². The first-order chi connectivity index (χ1) is 12.1. The first-order valence-electron chi connectivity index (χ1n) is 8.38. The van der Waals surface area contributed by atoms with E-state index >= 15 is 0 Å². The standard InChI is InChI=1S/C17H22ClN5OS/c1-3-15-19-20-17(21(15)2)25-12-16(24)23-9-7-22(8-10-23)14-6-4-5-13(18)11-14/h4-6,11H,3,7-10,12H2,1-2H3. The van der Waals surface area contributed by atoms with Gasteiger partial charge in [-0.25, -0.2) is 0 Å². The minimum atomic E-state index is 0.150. The lowest BCUT2D eigenvalue weighted by atomic mass is 10.2. The average Bonchev–Trinajstić information content (AvgIpc) is 2.99. The summed E-state index contributed by atoms with van der Waals surface area (Å²) in [6, 6.07) is 7.85. The van der Waals surface area contributed by atoms with E-state index in [4.69, 9.17) is 11.6 Å². The molecule has 0 saturated carbocycles. The van der Waals surface area contributed by atoms with E-state index in [1.165, 1.54) is 11.8 Å². The van der Waals surface area contributed by atoms with Crippen LogP contribution in [-0.2, 0) is 18.3 Å². The second kappa shape index (κ2) is 8.10. The molecule has 0 atom stereocenters. The highest BCUT2D eigenvalue weighted by Crippen LogP contribution is 2.21. The van der Waals surface area contributed by atoms with Crippen molar-refractivity contribution in [2.24, 2.45) is 7.05 Å². The Labute approximate surface area is 157 Å². The predicted molar refractivity (Wildman–Crippen MR) is 101 cm³/mol. The molecular formula is C17H22ClN5OS. The van der Waals surface area contributed by atoms with Crippen LogP contribution >= 0.6 is 23.4 Å². The molecular weight excluding hydrogens is 358 g/mol. The summed E-state index contributed by atoms with van der Waals surface area (Å²) in [6.07, 6.45) is 0.837. The summed E-state index contributed by atoms with van der Waals surface area (Å²) in [6.45, 7) is 5.14. The van der Waals surface area contributed by atoms with Crippen molar-refractivity contribution in [3.63, 3.8) is 0 Å². The molecule has 0 unspecified atom stereocenters. The predicted octanol–water partition coefficient (Wildman–Crippen LogP) is 2.47. The average molecular weight is 380 g/mol. The zero-order valence-corrected chi connectivity index (χ0v) is 16.1. The van der Waals surface area contributed by atoms with Gasteiger partial charge in [0, 0.05) is 50.4 Å². The molecule has 1 fully saturated rings. The van der Waals surface area contributed by atoms with Gasteiger partial charge in [-0.2, -0.15) is 0 Å². The van der Waals surface area contributed by atoms with E-state index in [0.717, 1.165) is 54.3 Å². The highest BCUT2D eigenvalue weighted by molar-refractivity contribution is 7.99. The minimum Gasteiger partial charge on any atom is -0.368 e. The fourth-order valence-corrected chi connectivity index (χ4v) is 3.90. The van der Waals surface area contributed by atoms with Gasteiger partial charge in [0.1, 0.15) is 5.82 Å². The molecule has 1 aromatic carbocycles. The van der Waals surface area contributed by atoms with Crippen LogP contribution in [0.1, 0.15) is 12.7 Å². The maximum absolute atomic E-state index is 12.5. The highest BCUT2D eigenvalue weighted by Gasteiger charge is 2.22. The highest BCUT2D eigenvalue weighted by atomic mass is 35.5. The Balaban J connectivity index is 1.50. The number of rotatable bonds is 5. The third-order valence-corrected chi connectivity index (χ3v) is 5.61. The molecule has 2 aromatic rings. The van der Waals surface area contributed by atoms with Crippen molar-refractivity contribution in [1.82, 2.24) is 19.7 Å². The molecule has 8 heteroatoms. The molecule has 1 aromatic heterocycles. The SMILES string of the molecule is CCc1nnc(SCC(=O)N2CCN(c3cccc(Cl)c3)CC2)n1C. The number of hydrogen-bond acceptors (Lipinski definition) is 5. The number of thioether (sulfide) groups is 1. The first-order valence-corrected chi connectivity index (χ1v) is 9.74. The Hall–Kier alpha value is -1.73. The summed E-state index contributed by atoms with van der Waals surface area (Å²) in [4.78, 5) is 16.6. The molecule has 1 aliphatic rings. The Morgan fingerprint density at radius 3 is 2.64 bits per heavy atom. The molecule has 0 N–H and O–H groups in total. The molecule has 134 valence electrons. The number of benzene rings is 1. The smallest absolute Gasteiger partial charge is 0.233 e. The monoisotopic (exact) mass is 379 g/mol. The number of nitrogens with zero attached hydrogens (tertiary/aromatic N) is 5. The number of aryl methyl sites for hydroxylation is 1. The van der Waals surface area contributed by atoms with Crippen LogP contribution in [0.5, 0.6) is 0 Å². The van der Waals surface area contributed by atoms with Crippen molar-refractivity contribution < 1.29 is 4.79 Å². The van der Waals surface area contributed by atoms with Crippen LogP contribution in [0, 0.1) is 0 Å². The van der Waals surface area contributed by atoms with Crippen LogP contribution in [0.3, 0.4) is 0 Å². The summed E-state index contributed by atoms with van der Waals surface area (Å²) >= 11 is 7.51. The maximum Gasteiger partial charge on any atom is 0.233 e. The van der Waals surface area contributed by atoms with Gasteiger partial charge in [0.25, 0.3) is 0 Å². The molecule has 2 heterocycles. The zero-order chi connectivity index (χ0) is 17.8. The summed E-state index contributed by atoms with van der Waals surface area (Å²) in [5, 5.41) is 9.81. The van der Waals surface area contributed by atoms with Gasteiger partial charge < -0.3 is 14.4 Å². The van der Waals surface area contributed by atoms with Gasteiger partial charge in [-0.05, 0) is 18.2 Å². The van der Waals surface area contributed by atoms with Gasteiger partial charge in [-0.3, -0.25) is 4.79 Å². The normalized spacial score (nSPS) is 14.8. The van der Waals surface area contributed by atoms with Crippen molar-refractivity contribution in [3.8, 4) is 0 Å². The molecule has 1 saturated heterocycles. The Morgan fingerprint density at radius 2 is 2.00 bits per heavy atom. The number of aromatic nitrogens is 3. The largest absolute Gasteiger partial charge is 0.368 e. The molecule has 3 rings (SSSR count). The van der Waals surface area contributed by atoms with Crippen molar-refractivity contribution in [1.29, 1.82) is 0 Å². The third-order valence-electron chi connectivity index (χ3n) is 4.37.